The molecule has 1 amide bonds. The molecule has 0 unspecified atom stereocenters. The van der Waals surface area contributed by atoms with Crippen molar-refractivity contribution in [2.24, 2.45) is 0 Å². The van der Waals surface area contributed by atoms with Gasteiger partial charge < -0.3 is 9.64 Å². The number of carbonyl (C=O) groups is 1. The normalized spacial score (nSPS) is 19.9. The molecule has 4 rings (SSSR count). The standard InChI is InChI=1S/C20H21N3O3S2/c1-13-10-22(11-14(2)26-13)17(24)12-28-20-21-18-16(8-9-27-18)19(25)23(20)15-6-4-3-5-7-15/h3-9,13-14H,10-12H2,1-2H3/t13-,14-/m0/s1. The number of fused-ring (bicyclic) bond motifs is 1. The number of hydrogen-bond donors (Lipinski definition) is 0. The number of ether oxygens (including phenoxy) is 1. The van der Waals surface area contributed by atoms with Crippen LogP contribution in [-0.4, -0.2) is 51.4 Å². The summed E-state index contributed by atoms with van der Waals surface area (Å²) >= 11 is 2.74. The van der Waals surface area contributed by atoms with Gasteiger partial charge in [-0.1, -0.05) is 30.0 Å². The molecule has 28 heavy (non-hydrogen) atoms. The molecule has 3 heterocycles. The zero-order valence-corrected chi connectivity index (χ0v) is 17.3. The van der Waals surface area contributed by atoms with Crippen molar-refractivity contribution in [1.29, 1.82) is 0 Å². The largest absolute Gasteiger partial charge is 0.372 e. The van der Waals surface area contributed by atoms with E-state index in [-0.39, 0.29) is 29.4 Å². The van der Waals surface area contributed by atoms with E-state index in [0.717, 1.165) is 5.69 Å². The lowest BCUT2D eigenvalue weighted by Gasteiger charge is -2.35. The third kappa shape index (κ3) is 3.85. The summed E-state index contributed by atoms with van der Waals surface area (Å²) in [6.07, 6.45) is 0.0570. The Hall–Kier alpha value is -2.16. The Kier molecular flexibility index (Phi) is 5.52. The quantitative estimate of drug-likeness (QED) is 0.484. The first-order chi connectivity index (χ1) is 13.5. The first-order valence-electron chi connectivity index (χ1n) is 9.14. The number of aromatic nitrogens is 2. The summed E-state index contributed by atoms with van der Waals surface area (Å²) < 4.78 is 7.30. The number of rotatable bonds is 4. The molecule has 1 saturated heterocycles. The second-order valence-corrected chi connectivity index (χ2v) is 8.69. The number of thioether (sulfide) groups is 1. The van der Waals surface area contributed by atoms with Gasteiger partial charge in [-0.3, -0.25) is 14.2 Å². The van der Waals surface area contributed by atoms with E-state index in [1.807, 2.05) is 54.5 Å². The van der Waals surface area contributed by atoms with Gasteiger partial charge in [0, 0.05) is 13.1 Å². The summed E-state index contributed by atoms with van der Waals surface area (Å²) in [5.74, 6) is 0.266. The molecule has 0 spiro atoms. The van der Waals surface area contributed by atoms with E-state index in [4.69, 9.17) is 4.74 Å². The lowest BCUT2D eigenvalue weighted by molar-refractivity contribution is -0.140. The average molecular weight is 416 g/mol. The van der Waals surface area contributed by atoms with Crippen molar-refractivity contribution >= 4 is 39.2 Å². The minimum atomic E-state index is -0.110. The Labute approximate surface area is 171 Å². The molecule has 2 aromatic heterocycles. The maximum atomic E-state index is 13.0. The van der Waals surface area contributed by atoms with Gasteiger partial charge in [-0.15, -0.1) is 11.3 Å². The van der Waals surface area contributed by atoms with E-state index in [2.05, 4.69) is 4.98 Å². The predicted octanol–water partition coefficient (Wildman–Crippen LogP) is 3.18. The number of hydrogen-bond acceptors (Lipinski definition) is 6. The highest BCUT2D eigenvalue weighted by atomic mass is 32.2. The predicted molar refractivity (Wildman–Crippen MR) is 113 cm³/mol. The van der Waals surface area contributed by atoms with Crippen LogP contribution in [0.1, 0.15) is 13.8 Å². The molecule has 8 heteroatoms. The number of thiophene rings is 1. The zero-order chi connectivity index (χ0) is 19.7. The summed E-state index contributed by atoms with van der Waals surface area (Å²) in [6, 6.07) is 11.2. The molecule has 0 radical (unpaired) electrons. The van der Waals surface area contributed by atoms with Gasteiger partial charge in [0.1, 0.15) is 4.83 Å². The molecular formula is C20H21N3O3S2. The van der Waals surface area contributed by atoms with Crippen LogP contribution >= 0.6 is 23.1 Å². The fraction of sp³-hybridized carbons (Fsp3) is 0.350. The van der Waals surface area contributed by atoms with E-state index in [0.29, 0.717) is 28.5 Å². The summed E-state index contributed by atoms with van der Waals surface area (Å²) in [4.78, 5) is 33.0. The number of carbonyl (C=O) groups excluding carboxylic acids is 1. The van der Waals surface area contributed by atoms with Crippen molar-refractivity contribution in [3.05, 3.63) is 52.1 Å². The van der Waals surface area contributed by atoms with Gasteiger partial charge >= 0.3 is 0 Å². The van der Waals surface area contributed by atoms with Crippen LogP contribution in [0, 0.1) is 0 Å². The first kappa shape index (κ1) is 19.2. The highest BCUT2D eigenvalue weighted by Crippen LogP contribution is 2.24. The van der Waals surface area contributed by atoms with Gasteiger partial charge in [0.15, 0.2) is 5.16 Å². The summed E-state index contributed by atoms with van der Waals surface area (Å²) in [7, 11) is 0. The molecule has 0 aliphatic carbocycles. The van der Waals surface area contributed by atoms with Crippen molar-refractivity contribution in [2.45, 2.75) is 31.2 Å². The molecule has 6 nitrogen and oxygen atoms in total. The second-order valence-electron chi connectivity index (χ2n) is 6.85. The molecule has 0 saturated carbocycles. The Morgan fingerprint density at radius 2 is 1.93 bits per heavy atom. The van der Waals surface area contributed by atoms with Crippen molar-refractivity contribution in [3.8, 4) is 5.69 Å². The molecule has 1 aliphatic rings. The van der Waals surface area contributed by atoms with E-state index in [9.17, 15) is 9.59 Å². The van der Waals surface area contributed by atoms with Gasteiger partial charge in [0.25, 0.3) is 5.56 Å². The van der Waals surface area contributed by atoms with Crippen LogP contribution in [0.2, 0.25) is 0 Å². The van der Waals surface area contributed by atoms with E-state index >= 15 is 0 Å². The molecular weight excluding hydrogens is 394 g/mol. The van der Waals surface area contributed by atoms with Crippen LogP contribution in [0.5, 0.6) is 0 Å². The number of benzene rings is 1. The number of amides is 1. The van der Waals surface area contributed by atoms with Crippen molar-refractivity contribution < 1.29 is 9.53 Å². The van der Waals surface area contributed by atoms with Crippen LogP contribution in [0.4, 0.5) is 0 Å². The minimum Gasteiger partial charge on any atom is -0.372 e. The van der Waals surface area contributed by atoms with Crippen molar-refractivity contribution in [2.75, 3.05) is 18.8 Å². The van der Waals surface area contributed by atoms with E-state index < -0.39 is 0 Å². The molecule has 2 atom stereocenters. The molecule has 1 aromatic carbocycles. The molecule has 1 aliphatic heterocycles. The maximum absolute atomic E-state index is 13.0. The molecule has 0 bridgehead atoms. The van der Waals surface area contributed by atoms with Gasteiger partial charge in [-0.25, -0.2) is 4.98 Å². The smallest absolute Gasteiger partial charge is 0.267 e. The van der Waals surface area contributed by atoms with E-state index in [1.165, 1.54) is 23.1 Å². The van der Waals surface area contributed by atoms with Gasteiger partial charge in [0.05, 0.1) is 29.0 Å². The Balaban J connectivity index is 1.63. The molecule has 146 valence electrons. The Morgan fingerprint density at radius 3 is 2.64 bits per heavy atom. The zero-order valence-electron chi connectivity index (χ0n) is 15.7. The molecule has 3 aromatic rings. The molecule has 0 N–H and O–H groups in total. The number of morpholine rings is 1. The monoisotopic (exact) mass is 415 g/mol. The fourth-order valence-corrected chi connectivity index (χ4v) is 5.12. The van der Waals surface area contributed by atoms with Crippen molar-refractivity contribution in [3.63, 3.8) is 0 Å². The lowest BCUT2D eigenvalue weighted by atomic mass is 10.2. The number of nitrogens with zero attached hydrogens (tertiary/aromatic N) is 3. The average Bonchev–Trinajstić information content (AvgIpc) is 3.15. The van der Waals surface area contributed by atoms with Gasteiger partial charge in [-0.05, 0) is 37.4 Å². The third-order valence-corrected chi connectivity index (χ3v) is 6.31. The van der Waals surface area contributed by atoms with Crippen molar-refractivity contribution in [1.82, 2.24) is 14.5 Å². The van der Waals surface area contributed by atoms with Crippen LogP contribution in [0.25, 0.3) is 15.9 Å². The highest BCUT2D eigenvalue weighted by Gasteiger charge is 2.26. The van der Waals surface area contributed by atoms with Crippen LogP contribution < -0.4 is 5.56 Å². The van der Waals surface area contributed by atoms with E-state index in [1.54, 1.807) is 10.6 Å². The fourth-order valence-electron chi connectivity index (χ4n) is 3.40. The summed E-state index contributed by atoms with van der Waals surface area (Å²) in [6.45, 7) is 5.13. The summed E-state index contributed by atoms with van der Waals surface area (Å²) in [5.41, 5.74) is 0.637. The Morgan fingerprint density at radius 1 is 1.21 bits per heavy atom. The Bertz CT molecular complexity index is 1040. The SMILES string of the molecule is C[C@H]1CN(C(=O)CSc2nc3sccc3c(=O)n2-c2ccccc2)C[C@H](C)O1. The van der Waals surface area contributed by atoms with Gasteiger partial charge in [0.2, 0.25) is 5.91 Å². The minimum absolute atomic E-state index is 0.0285. The second kappa shape index (κ2) is 8.06. The van der Waals surface area contributed by atoms with Gasteiger partial charge in [-0.2, -0.15) is 0 Å². The number of para-hydroxylation sites is 1. The first-order valence-corrected chi connectivity index (χ1v) is 11.0. The third-order valence-electron chi connectivity index (χ3n) is 4.58. The van der Waals surface area contributed by atoms with Crippen LogP contribution in [0.15, 0.2) is 51.7 Å². The topological polar surface area (TPSA) is 64.4 Å². The molecule has 1 fully saturated rings. The van der Waals surface area contributed by atoms with Crippen LogP contribution in [-0.2, 0) is 9.53 Å². The van der Waals surface area contributed by atoms with Crippen LogP contribution in [0.3, 0.4) is 0 Å². The summed E-state index contributed by atoms with van der Waals surface area (Å²) in [5, 5.41) is 3.00. The lowest BCUT2D eigenvalue weighted by Crippen LogP contribution is -2.48. The highest BCUT2D eigenvalue weighted by molar-refractivity contribution is 7.99. The maximum Gasteiger partial charge on any atom is 0.267 e.